The van der Waals surface area contributed by atoms with Gasteiger partial charge >= 0.3 is 0 Å². The molecule has 0 aliphatic heterocycles. The van der Waals surface area contributed by atoms with E-state index in [1.54, 1.807) is 30.7 Å². The van der Waals surface area contributed by atoms with Crippen LogP contribution in [0.5, 0.6) is 5.88 Å². The normalized spacial score (nSPS) is 10.5. The molecule has 0 aliphatic carbocycles. The van der Waals surface area contributed by atoms with Crippen molar-refractivity contribution in [3.63, 3.8) is 0 Å². The maximum Gasteiger partial charge on any atom is 0.258 e. The van der Waals surface area contributed by atoms with Gasteiger partial charge in [-0.3, -0.25) is 9.78 Å². The summed E-state index contributed by atoms with van der Waals surface area (Å²) in [5.74, 6) is 0.0750. The number of carbonyl (C=O) groups excluding carboxylic acids is 1. The van der Waals surface area contributed by atoms with E-state index in [0.29, 0.717) is 17.4 Å². The van der Waals surface area contributed by atoms with Gasteiger partial charge in [-0.15, -0.1) is 0 Å². The Morgan fingerprint density at radius 3 is 2.63 bits per heavy atom. The number of benzene rings is 1. The predicted octanol–water partition coefficient (Wildman–Crippen LogP) is 2.38. The number of halogens is 1. The first-order valence-electron chi connectivity index (χ1n) is 8.28. The molecule has 1 aromatic carbocycles. The lowest BCUT2D eigenvalue weighted by atomic mass is 10.2. The Morgan fingerprint density at radius 1 is 1.15 bits per heavy atom. The van der Waals surface area contributed by atoms with E-state index >= 15 is 0 Å². The molecule has 0 aliphatic rings. The second-order valence-electron chi connectivity index (χ2n) is 5.85. The maximum atomic E-state index is 12.9. The molecular formula is C19H18FN5O2. The molecule has 0 fully saturated rings. The van der Waals surface area contributed by atoms with E-state index in [-0.39, 0.29) is 24.9 Å². The summed E-state index contributed by atoms with van der Waals surface area (Å²) in [5.41, 5.74) is 2.79. The van der Waals surface area contributed by atoms with Gasteiger partial charge in [-0.1, -0.05) is 12.1 Å². The fourth-order valence-electron chi connectivity index (χ4n) is 2.26. The number of carbonyl (C=O) groups is 1. The largest absolute Gasteiger partial charge is 0.467 e. The summed E-state index contributed by atoms with van der Waals surface area (Å²) in [4.78, 5) is 28.9. The van der Waals surface area contributed by atoms with Crippen LogP contribution >= 0.6 is 0 Å². The van der Waals surface area contributed by atoms with Crippen LogP contribution in [0.2, 0.25) is 0 Å². The minimum atomic E-state index is -0.318. The minimum Gasteiger partial charge on any atom is -0.467 e. The van der Waals surface area contributed by atoms with Gasteiger partial charge in [0.1, 0.15) is 11.5 Å². The topological polar surface area (TPSA) is 89.9 Å². The smallest absolute Gasteiger partial charge is 0.258 e. The highest BCUT2D eigenvalue weighted by Gasteiger charge is 2.13. The molecule has 138 valence electrons. The van der Waals surface area contributed by atoms with E-state index in [2.05, 4.69) is 25.3 Å². The van der Waals surface area contributed by atoms with E-state index in [1.807, 2.05) is 13.8 Å². The molecule has 1 amide bonds. The number of aryl methyl sites for hydroxylation is 1. The number of amides is 1. The monoisotopic (exact) mass is 367 g/mol. The summed E-state index contributed by atoms with van der Waals surface area (Å²) in [7, 11) is 0. The fourth-order valence-corrected chi connectivity index (χ4v) is 2.26. The average molecular weight is 367 g/mol. The van der Waals surface area contributed by atoms with Gasteiger partial charge in [0.05, 0.1) is 6.20 Å². The Hall–Kier alpha value is -3.42. The number of nitrogens with one attached hydrogen (secondary N) is 1. The molecule has 3 aromatic rings. The lowest BCUT2D eigenvalue weighted by molar-refractivity contribution is -0.123. The zero-order chi connectivity index (χ0) is 19.2. The minimum absolute atomic E-state index is 0.196. The van der Waals surface area contributed by atoms with Crippen LogP contribution in [0.15, 0.2) is 42.9 Å². The van der Waals surface area contributed by atoms with E-state index in [1.165, 1.54) is 12.1 Å². The van der Waals surface area contributed by atoms with Gasteiger partial charge < -0.3 is 10.1 Å². The zero-order valence-corrected chi connectivity index (χ0v) is 14.9. The van der Waals surface area contributed by atoms with Gasteiger partial charge in [0.15, 0.2) is 12.4 Å². The highest BCUT2D eigenvalue weighted by molar-refractivity contribution is 5.77. The van der Waals surface area contributed by atoms with Crippen LogP contribution in [-0.4, -0.2) is 32.4 Å². The van der Waals surface area contributed by atoms with Crippen LogP contribution in [-0.2, 0) is 11.3 Å². The Labute approximate surface area is 155 Å². The van der Waals surface area contributed by atoms with Crippen molar-refractivity contribution < 1.29 is 13.9 Å². The fraction of sp³-hybridized carbons (Fsp3) is 0.211. The van der Waals surface area contributed by atoms with Crippen molar-refractivity contribution in [2.24, 2.45) is 0 Å². The van der Waals surface area contributed by atoms with Crippen LogP contribution < -0.4 is 10.1 Å². The molecular weight excluding hydrogens is 349 g/mol. The Bertz CT molecular complexity index is 933. The zero-order valence-electron chi connectivity index (χ0n) is 14.9. The average Bonchev–Trinajstić information content (AvgIpc) is 2.69. The number of ether oxygens (including phenoxy) is 1. The predicted molar refractivity (Wildman–Crippen MR) is 96.3 cm³/mol. The molecule has 1 N–H and O–H groups in total. The Balaban J connectivity index is 1.64. The number of hydrogen-bond donors (Lipinski definition) is 1. The number of hydrogen-bond acceptors (Lipinski definition) is 6. The molecule has 0 saturated heterocycles. The first kappa shape index (κ1) is 18.4. The third kappa shape index (κ3) is 4.81. The van der Waals surface area contributed by atoms with Crippen molar-refractivity contribution in [2.75, 3.05) is 6.61 Å². The quantitative estimate of drug-likeness (QED) is 0.719. The Kier molecular flexibility index (Phi) is 5.65. The first-order chi connectivity index (χ1) is 13.0. The molecule has 0 unspecified atom stereocenters. The van der Waals surface area contributed by atoms with Crippen molar-refractivity contribution in [1.29, 1.82) is 0 Å². The highest BCUT2D eigenvalue weighted by atomic mass is 19.1. The van der Waals surface area contributed by atoms with Crippen molar-refractivity contribution in [2.45, 2.75) is 20.4 Å². The third-order valence-electron chi connectivity index (χ3n) is 3.88. The van der Waals surface area contributed by atoms with Crippen LogP contribution in [0.25, 0.3) is 11.5 Å². The van der Waals surface area contributed by atoms with Gasteiger partial charge in [-0.2, -0.15) is 4.98 Å². The lowest BCUT2D eigenvalue weighted by Gasteiger charge is -2.11. The van der Waals surface area contributed by atoms with Gasteiger partial charge in [-0.05, 0) is 31.5 Å². The maximum absolute atomic E-state index is 12.9. The Morgan fingerprint density at radius 2 is 1.93 bits per heavy atom. The van der Waals surface area contributed by atoms with Crippen LogP contribution in [0.3, 0.4) is 0 Å². The molecule has 0 atom stereocenters. The van der Waals surface area contributed by atoms with Crippen LogP contribution in [0.1, 0.15) is 16.8 Å². The van der Waals surface area contributed by atoms with E-state index in [0.717, 1.165) is 16.8 Å². The summed E-state index contributed by atoms with van der Waals surface area (Å²) < 4.78 is 18.5. The van der Waals surface area contributed by atoms with Gasteiger partial charge in [0.2, 0.25) is 5.88 Å². The van der Waals surface area contributed by atoms with Crippen molar-refractivity contribution in [3.8, 4) is 17.4 Å². The van der Waals surface area contributed by atoms with Gasteiger partial charge in [-0.25, -0.2) is 14.4 Å². The van der Waals surface area contributed by atoms with E-state index < -0.39 is 0 Å². The second-order valence-corrected chi connectivity index (χ2v) is 5.85. The number of rotatable bonds is 6. The molecule has 27 heavy (non-hydrogen) atoms. The molecule has 0 spiro atoms. The summed E-state index contributed by atoms with van der Waals surface area (Å²) >= 11 is 0. The molecule has 0 saturated carbocycles. The molecule has 2 aromatic heterocycles. The number of aromatic nitrogens is 4. The third-order valence-corrected chi connectivity index (χ3v) is 3.88. The van der Waals surface area contributed by atoms with Crippen molar-refractivity contribution >= 4 is 5.91 Å². The molecule has 0 radical (unpaired) electrons. The standard InChI is InChI=1S/C19H18FN5O2/c1-12-13(2)24-18(16-10-21-7-8-22-16)25-19(12)27-11-17(26)23-9-14-3-5-15(20)6-4-14/h3-8,10H,9,11H2,1-2H3,(H,23,26). The van der Waals surface area contributed by atoms with Crippen LogP contribution in [0.4, 0.5) is 4.39 Å². The molecule has 8 heteroatoms. The van der Waals surface area contributed by atoms with Crippen molar-refractivity contribution in [1.82, 2.24) is 25.3 Å². The van der Waals surface area contributed by atoms with Crippen LogP contribution in [0, 0.1) is 19.7 Å². The van der Waals surface area contributed by atoms with E-state index in [4.69, 9.17) is 4.74 Å². The highest BCUT2D eigenvalue weighted by Crippen LogP contribution is 2.21. The van der Waals surface area contributed by atoms with Gasteiger partial charge in [0, 0.05) is 30.2 Å². The first-order valence-corrected chi connectivity index (χ1v) is 8.28. The molecule has 3 rings (SSSR count). The summed E-state index contributed by atoms with van der Waals surface area (Å²) in [6.07, 6.45) is 4.67. The SMILES string of the molecule is Cc1nc(-c2cnccn2)nc(OCC(=O)NCc2ccc(F)cc2)c1C. The molecule has 2 heterocycles. The summed E-state index contributed by atoms with van der Waals surface area (Å²) in [5, 5.41) is 2.72. The molecule has 7 nitrogen and oxygen atoms in total. The molecule has 0 bridgehead atoms. The van der Waals surface area contributed by atoms with Crippen molar-refractivity contribution in [3.05, 3.63) is 65.5 Å². The van der Waals surface area contributed by atoms with E-state index in [9.17, 15) is 9.18 Å². The van der Waals surface area contributed by atoms with Gasteiger partial charge in [0.25, 0.3) is 5.91 Å². The lowest BCUT2D eigenvalue weighted by Crippen LogP contribution is -2.28. The summed E-state index contributed by atoms with van der Waals surface area (Å²) in [6.45, 7) is 3.74. The second kappa shape index (κ2) is 8.31. The number of nitrogens with zero attached hydrogens (tertiary/aromatic N) is 4. The summed E-state index contributed by atoms with van der Waals surface area (Å²) in [6, 6.07) is 5.92.